The molecule has 0 amide bonds. The highest BCUT2D eigenvalue weighted by Crippen LogP contribution is 2.39. The van der Waals surface area contributed by atoms with Crippen LogP contribution < -0.4 is 8.92 Å². The van der Waals surface area contributed by atoms with Crippen LogP contribution in [0.2, 0.25) is 5.02 Å². The molecular weight excluding hydrogens is 514 g/mol. The second-order valence-corrected chi connectivity index (χ2v) is 9.63. The van der Waals surface area contributed by atoms with Crippen molar-refractivity contribution in [2.45, 2.75) is 18.7 Å². The van der Waals surface area contributed by atoms with Gasteiger partial charge in [-0.1, -0.05) is 41.4 Å². The molecule has 0 fully saturated rings. The van der Waals surface area contributed by atoms with Gasteiger partial charge in [-0.15, -0.1) is 0 Å². The average Bonchev–Trinajstić information content (AvgIpc) is 2.75. The number of hydrogen-bond donors (Lipinski definition) is 0. The van der Waals surface area contributed by atoms with E-state index in [0.717, 1.165) is 5.56 Å². The van der Waals surface area contributed by atoms with E-state index >= 15 is 0 Å². The summed E-state index contributed by atoms with van der Waals surface area (Å²) in [7, 11) is -4.07. The Hall–Kier alpha value is -2.79. The Labute approximate surface area is 201 Å². The zero-order valence-electron chi connectivity index (χ0n) is 17.3. The maximum atomic E-state index is 12.8. The first-order chi connectivity index (χ1) is 15.2. The standard InChI is InChI=1S/C24H19BrClNO4S/c1-3-30-23-14-17(12-19(15-27)18-6-8-20(26)9-7-18)13-22(25)24(23)31-32(28,29)21-10-4-16(2)5-11-21/h4-14H,3H2,1-2H3/b19-12+. The number of nitriles is 1. The van der Waals surface area contributed by atoms with Gasteiger partial charge in [0.15, 0.2) is 11.5 Å². The first kappa shape index (κ1) is 23.9. The van der Waals surface area contributed by atoms with Crippen LogP contribution in [0.4, 0.5) is 0 Å². The van der Waals surface area contributed by atoms with Crippen molar-refractivity contribution in [1.82, 2.24) is 0 Å². The molecule has 8 heteroatoms. The smallest absolute Gasteiger partial charge is 0.339 e. The van der Waals surface area contributed by atoms with Crippen LogP contribution in [0.3, 0.4) is 0 Å². The second kappa shape index (κ2) is 10.2. The Morgan fingerprint density at radius 2 is 1.78 bits per heavy atom. The fourth-order valence-corrected chi connectivity index (χ4v) is 4.58. The van der Waals surface area contributed by atoms with Gasteiger partial charge in [-0.3, -0.25) is 0 Å². The minimum Gasteiger partial charge on any atom is -0.490 e. The summed E-state index contributed by atoms with van der Waals surface area (Å²) >= 11 is 9.31. The lowest BCUT2D eigenvalue weighted by molar-refractivity contribution is 0.327. The summed E-state index contributed by atoms with van der Waals surface area (Å²) in [6.07, 6.45) is 1.68. The molecule has 0 aliphatic heterocycles. The van der Waals surface area contributed by atoms with E-state index in [0.29, 0.717) is 32.8 Å². The average molecular weight is 533 g/mol. The molecule has 0 unspecified atom stereocenters. The zero-order chi connectivity index (χ0) is 23.3. The molecule has 0 bridgehead atoms. The fourth-order valence-electron chi connectivity index (χ4n) is 2.85. The summed E-state index contributed by atoms with van der Waals surface area (Å²) in [6.45, 7) is 3.94. The topological polar surface area (TPSA) is 76.4 Å². The van der Waals surface area contributed by atoms with Crippen molar-refractivity contribution < 1.29 is 17.3 Å². The molecule has 3 aromatic carbocycles. The third-order valence-corrected chi connectivity index (χ3v) is 6.50. The van der Waals surface area contributed by atoms with Gasteiger partial charge in [0.1, 0.15) is 4.90 Å². The van der Waals surface area contributed by atoms with E-state index in [1.54, 1.807) is 61.5 Å². The maximum absolute atomic E-state index is 12.8. The van der Waals surface area contributed by atoms with Gasteiger partial charge < -0.3 is 8.92 Å². The minimum atomic E-state index is -4.07. The number of hydrogen-bond acceptors (Lipinski definition) is 5. The summed E-state index contributed by atoms with van der Waals surface area (Å²) in [5, 5.41) is 10.2. The molecule has 3 aromatic rings. The third kappa shape index (κ3) is 5.71. The lowest BCUT2D eigenvalue weighted by Gasteiger charge is -2.15. The molecule has 0 heterocycles. The van der Waals surface area contributed by atoms with Gasteiger partial charge in [0.05, 0.1) is 22.7 Å². The lowest BCUT2D eigenvalue weighted by atomic mass is 10.0. The lowest BCUT2D eigenvalue weighted by Crippen LogP contribution is -2.11. The van der Waals surface area contributed by atoms with Crippen LogP contribution in [0.5, 0.6) is 11.5 Å². The summed E-state index contributed by atoms with van der Waals surface area (Å²) in [6, 6.07) is 18.7. The van der Waals surface area contributed by atoms with Crippen molar-refractivity contribution in [3.63, 3.8) is 0 Å². The number of halogens is 2. The van der Waals surface area contributed by atoms with Gasteiger partial charge in [0.2, 0.25) is 0 Å². The van der Waals surface area contributed by atoms with Crippen LogP contribution in [-0.4, -0.2) is 15.0 Å². The highest BCUT2D eigenvalue weighted by Gasteiger charge is 2.22. The Bertz CT molecular complexity index is 1300. The molecule has 164 valence electrons. The number of aryl methyl sites for hydroxylation is 1. The molecule has 0 aliphatic carbocycles. The van der Waals surface area contributed by atoms with Crippen molar-refractivity contribution in [1.29, 1.82) is 5.26 Å². The molecule has 3 rings (SSSR count). The highest BCUT2D eigenvalue weighted by molar-refractivity contribution is 9.10. The molecule has 0 radical (unpaired) electrons. The molecular formula is C24H19BrClNO4S. The Kier molecular flexibility index (Phi) is 7.62. The van der Waals surface area contributed by atoms with E-state index in [1.807, 2.05) is 6.92 Å². The summed E-state index contributed by atoms with van der Waals surface area (Å²) < 4.78 is 37.0. The van der Waals surface area contributed by atoms with Crippen molar-refractivity contribution >= 4 is 49.3 Å². The van der Waals surface area contributed by atoms with Crippen molar-refractivity contribution in [3.8, 4) is 17.6 Å². The third-order valence-electron chi connectivity index (χ3n) is 4.42. The molecule has 32 heavy (non-hydrogen) atoms. The normalized spacial score (nSPS) is 11.7. The van der Waals surface area contributed by atoms with E-state index in [1.165, 1.54) is 12.1 Å². The number of ether oxygens (including phenoxy) is 1. The number of rotatable bonds is 7. The molecule has 5 nitrogen and oxygen atoms in total. The first-order valence-corrected chi connectivity index (χ1v) is 12.2. The maximum Gasteiger partial charge on any atom is 0.339 e. The van der Waals surface area contributed by atoms with Crippen LogP contribution >= 0.6 is 27.5 Å². The van der Waals surface area contributed by atoms with Gasteiger partial charge in [-0.05, 0) is 83.4 Å². The van der Waals surface area contributed by atoms with Gasteiger partial charge in [0.25, 0.3) is 0 Å². The minimum absolute atomic E-state index is 0.0366. The number of benzene rings is 3. The van der Waals surface area contributed by atoms with Gasteiger partial charge >= 0.3 is 10.1 Å². The zero-order valence-corrected chi connectivity index (χ0v) is 20.5. The predicted octanol–water partition coefficient (Wildman–Crippen LogP) is 6.64. The molecule has 0 saturated carbocycles. The fraction of sp³-hybridized carbons (Fsp3) is 0.125. The summed E-state index contributed by atoms with van der Waals surface area (Å²) in [5.41, 5.74) is 2.68. The van der Waals surface area contributed by atoms with Gasteiger partial charge in [-0.25, -0.2) is 0 Å². The monoisotopic (exact) mass is 531 g/mol. The number of nitrogens with zero attached hydrogens (tertiary/aromatic N) is 1. The Morgan fingerprint density at radius 1 is 1.12 bits per heavy atom. The summed E-state index contributed by atoms with van der Waals surface area (Å²) in [5.74, 6) is 0.270. The van der Waals surface area contributed by atoms with Gasteiger partial charge in [0, 0.05) is 5.02 Å². The van der Waals surface area contributed by atoms with Crippen LogP contribution in [0, 0.1) is 18.3 Å². The van der Waals surface area contributed by atoms with Crippen LogP contribution in [0.15, 0.2) is 70.0 Å². The van der Waals surface area contributed by atoms with E-state index in [-0.39, 0.29) is 16.4 Å². The van der Waals surface area contributed by atoms with Gasteiger partial charge in [-0.2, -0.15) is 13.7 Å². The van der Waals surface area contributed by atoms with Crippen molar-refractivity contribution in [2.75, 3.05) is 6.61 Å². The van der Waals surface area contributed by atoms with Crippen molar-refractivity contribution in [3.05, 3.63) is 86.8 Å². The van der Waals surface area contributed by atoms with E-state index in [4.69, 9.17) is 20.5 Å². The highest BCUT2D eigenvalue weighted by atomic mass is 79.9. The molecule has 0 aromatic heterocycles. The summed E-state index contributed by atoms with van der Waals surface area (Å²) in [4.78, 5) is 0.0379. The van der Waals surface area contributed by atoms with Crippen LogP contribution in [-0.2, 0) is 10.1 Å². The van der Waals surface area contributed by atoms with E-state index < -0.39 is 10.1 Å². The SMILES string of the molecule is CCOc1cc(/C=C(\C#N)c2ccc(Cl)cc2)cc(Br)c1OS(=O)(=O)c1ccc(C)cc1. The van der Waals surface area contributed by atoms with E-state index in [2.05, 4.69) is 22.0 Å². The van der Waals surface area contributed by atoms with Crippen LogP contribution in [0.1, 0.15) is 23.6 Å². The predicted molar refractivity (Wildman–Crippen MR) is 129 cm³/mol. The Morgan fingerprint density at radius 3 is 2.38 bits per heavy atom. The van der Waals surface area contributed by atoms with Crippen molar-refractivity contribution in [2.24, 2.45) is 0 Å². The molecule has 0 saturated heterocycles. The molecule has 0 spiro atoms. The number of allylic oxidation sites excluding steroid dienone is 1. The quantitative estimate of drug-likeness (QED) is 0.194. The second-order valence-electron chi connectivity index (χ2n) is 6.79. The largest absolute Gasteiger partial charge is 0.490 e. The molecule has 0 N–H and O–H groups in total. The Balaban J connectivity index is 2.02. The first-order valence-electron chi connectivity index (χ1n) is 9.58. The molecule has 0 aliphatic rings. The van der Waals surface area contributed by atoms with E-state index in [9.17, 15) is 13.7 Å². The molecule has 0 atom stereocenters. The van der Waals surface area contributed by atoms with Crippen LogP contribution in [0.25, 0.3) is 11.6 Å².